The van der Waals surface area contributed by atoms with Gasteiger partial charge < -0.3 is 5.11 Å². The molecule has 1 N–H and O–H groups in total. The molecule has 1 atom stereocenters. The molecule has 24 heavy (non-hydrogen) atoms. The molecule has 1 aliphatic rings. The predicted octanol–water partition coefficient (Wildman–Crippen LogP) is 3.16. The van der Waals surface area contributed by atoms with Crippen molar-refractivity contribution in [1.29, 1.82) is 0 Å². The first-order valence-electron chi connectivity index (χ1n) is 7.71. The molecule has 1 aliphatic carbocycles. The van der Waals surface area contributed by atoms with Gasteiger partial charge in [-0.3, -0.25) is 14.2 Å². The summed E-state index contributed by atoms with van der Waals surface area (Å²) >= 11 is 1.15. The van der Waals surface area contributed by atoms with Crippen molar-refractivity contribution in [2.24, 2.45) is 5.41 Å². The molecule has 0 aliphatic heterocycles. The normalized spacial score (nSPS) is 18.4. The first-order valence-corrected chi connectivity index (χ1v) is 8.69. The standard InChI is InChI=1S/C17H19N3O3S/c1-10(21)11-4-6-12(7-5-11)20-15(13-8-17(13,2)3)18-19-16(20)24-9-14(22)23/h4-7,13H,8-9H2,1-3H3,(H,22,23)/t13-/m1/s1. The van der Waals surface area contributed by atoms with Gasteiger partial charge in [-0.15, -0.1) is 10.2 Å². The third-order valence-corrected chi connectivity index (χ3v) is 5.25. The molecule has 6 nitrogen and oxygen atoms in total. The third-order valence-electron chi connectivity index (χ3n) is 4.34. The molecule has 1 saturated carbocycles. The summed E-state index contributed by atoms with van der Waals surface area (Å²) in [6.07, 6.45) is 1.03. The van der Waals surface area contributed by atoms with Crippen LogP contribution in [0.3, 0.4) is 0 Å². The number of thioether (sulfide) groups is 1. The van der Waals surface area contributed by atoms with Crippen molar-refractivity contribution in [1.82, 2.24) is 14.8 Å². The molecule has 0 bridgehead atoms. The molecule has 3 rings (SSSR count). The molecule has 2 aromatic rings. The molecule has 7 heteroatoms. The van der Waals surface area contributed by atoms with Gasteiger partial charge in [-0.05, 0) is 43.0 Å². The van der Waals surface area contributed by atoms with E-state index in [9.17, 15) is 9.59 Å². The lowest BCUT2D eigenvalue weighted by Crippen LogP contribution is -2.06. The molecule has 1 aromatic heterocycles. The molecule has 1 fully saturated rings. The summed E-state index contributed by atoms with van der Waals surface area (Å²) in [7, 11) is 0. The molecule has 0 unspecified atom stereocenters. The molecule has 1 heterocycles. The minimum absolute atomic E-state index is 0.00864. The largest absolute Gasteiger partial charge is 0.481 e. The number of aliphatic carboxylic acids is 1. The number of benzene rings is 1. The monoisotopic (exact) mass is 345 g/mol. The number of Topliss-reactive ketones (excluding diaryl/α,β-unsaturated/α-hetero) is 1. The van der Waals surface area contributed by atoms with Crippen LogP contribution in [-0.4, -0.2) is 37.4 Å². The van der Waals surface area contributed by atoms with Crippen LogP contribution in [0.2, 0.25) is 0 Å². The van der Waals surface area contributed by atoms with Crippen LogP contribution >= 0.6 is 11.8 Å². The van der Waals surface area contributed by atoms with E-state index in [2.05, 4.69) is 24.0 Å². The number of hydrogen-bond acceptors (Lipinski definition) is 5. The predicted molar refractivity (Wildman–Crippen MR) is 90.9 cm³/mol. The van der Waals surface area contributed by atoms with E-state index in [1.54, 1.807) is 12.1 Å². The highest BCUT2D eigenvalue weighted by atomic mass is 32.2. The highest BCUT2D eigenvalue weighted by molar-refractivity contribution is 7.99. The third kappa shape index (κ3) is 3.21. The number of nitrogens with zero attached hydrogens (tertiary/aromatic N) is 3. The maximum Gasteiger partial charge on any atom is 0.313 e. The Balaban J connectivity index is 2.00. The van der Waals surface area contributed by atoms with Gasteiger partial charge in [-0.2, -0.15) is 0 Å². The number of carbonyl (C=O) groups excluding carboxylic acids is 1. The van der Waals surface area contributed by atoms with Crippen LogP contribution < -0.4 is 0 Å². The van der Waals surface area contributed by atoms with Crippen molar-refractivity contribution in [3.63, 3.8) is 0 Å². The van der Waals surface area contributed by atoms with Crippen molar-refractivity contribution < 1.29 is 14.7 Å². The summed E-state index contributed by atoms with van der Waals surface area (Å²) in [6.45, 7) is 5.89. The molecule has 126 valence electrons. The van der Waals surface area contributed by atoms with Gasteiger partial charge in [0.1, 0.15) is 5.82 Å². The maximum atomic E-state index is 11.5. The van der Waals surface area contributed by atoms with Crippen molar-refractivity contribution >= 4 is 23.5 Å². The van der Waals surface area contributed by atoms with E-state index in [0.717, 1.165) is 29.7 Å². The summed E-state index contributed by atoms with van der Waals surface area (Å²) < 4.78 is 1.91. The van der Waals surface area contributed by atoms with Crippen LogP contribution in [0.15, 0.2) is 29.4 Å². The second-order valence-electron chi connectivity index (χ2n) is 6.71. The highest BCUT2D eigenvalue weighted by Gasteiger charge is 2.50. The molecule has 0 radical (unpaired) electrons. The van der Waals surface area contributed by atoms with Gasteiger partial charge in [-0.1, -0.05) is 25.6 Å². The minimum Gasteiger partial charge on any atom is -0.481 e. The quantitative estimate of drug-likeness (QED) is 0.639. The Kier molecular flexibility index (Phi) is 4.21. The lowest BCUT2D eigenvalue weighted by Gasteiger charge is -2.11. The van der Waals surface area contributed by atoms with Crippen molar-refractivity contribution in [2.75, 3.05) is 5.75 Å². The fourth-order valence-electron chi connectivity index (χ4n) is 2.72. The number of aromatic nitrogens is 3. The topological polar surface area (TPSA) is 85.1 Å². The Morgan fingerprint density at radius 2 is 1.92 bits per heavy atom. The summed E-state index contributed by atoms with van der Waals surface area (Å²) in [6, 6.07) is 7.24. The van der Waals surface area contributed by atoms with Crippen LogP contribution in [0.25, 0.3) is 5.69 Å². The van der Waals surface area contributed by atoms with E-state index in [4.69, 9.17) is 5.11 Å². The Hall–Kier alpha value is -2.15. The molecular formula is C17H19N3O3S. The fraction of sp³-hybridized carbons (Fsp3) is 0.412. The van der Waals surface area contributed by atoms with Crippen molar-refractivity contribution in [3.8, 4) is 5.69 Å². The highest BCUT2D eigenvalue weighted by Crippen LogP contribution is 2.58. The van der Waals surface area contributed by atoms with Crippen LogP contribution in [0.5, 0.6) is 0 Å². The summed E-state index contributed by atoms with van der Waals surface area (Å²) in [5, 5.41) is 18.0. The zero-order chi connectivity index (χ0) is 17.5. The van der Waals surface area contributed by atoms with Gasteiger partial charge in [0.05, 0.1) is 5.75 Å². The van der Waals surface area contributed by atoms with Crippen molar-refractivity contribution in [2.45, 2.75) is 38.3 Å². The van der Waals surface area contributed by atoms with Gasteiger partial charge >= 0.3 is 5.97 Å². The van der Waals surface area contributed by atoms with E-state index in [-0.39, 0.29) is 17.0 Å². The second-order valence-corrected chi connectivity index (χ2v) is 7.65. The molecule has 0 amide bonds. The Labute approximate surface area is 144 Å². The summed E-state index contributed by atoms with van der Waals surface area (Å²) in [5.74, 6) is 0.196. The zero-order valence-corrected chi connectivity index (χ0v) is 14.6. The van der Waals surface area contributed by atoms with E-state index in [1.807, 2.05) is 16.7 Å². The number of carboxylic acids is 1. The Morgan fingerprint density at radius 1 is 1.29 bits per heavy atom. The number of rotatable bonds is 6. The van der Waals surface area contributed by atoms with Gasteiger partial charge in [0.15, 0.2) is 10.9 Å². The first kappa shape index (κ1) is 16.7. The van der Waals surface area contributed by atoms with Gasteiger partial charge in [0, 0.05) is 17.2 Å². The first-order chi connectivity index (χ1) is 11.3. The van der Waals surface area contributed by atoms with Crippen LogP contribution in [0.4, 0.5) is 0 Å². The van der Waals surface area contributed by atoms with Crippen molar-refractivity contribution in [3.05, 3.63) is 35.7 Å². The molecule has 1 aromatic carbocycles. The average Bonchev–Trinajstić information content (AvgIpc) is 2.97. The summed E-state index contributed by atoms with van der Waals surface area (Å²) in [5.41, 5.74) is 1.66. The van der Waals surface area contributed by atoms with Gasteiger partial charge in [-0.25, -0.2) is 0 Å². The Bertz CT molecular complexity index is 796. The number of carbonyl (C=O) groups is 2. The number of ketones is 1. The van der Waals surface area contributed by atoms with E-state index < -0.39 is 5.97 Å². The summed E-state index contributed by atoms with van der Waals surface area (Å²) in [4.78, 5) is 22.3. The molecular weight excluding hydrogens is 326 g/mol. The van der Waals surface area contributed by atoms with E-state index in [1.165, 1.54) is 6.92 Å². The SMILES string of the molecule is CC(=O)c1ccc(-n2c(SCC(=O)O)nnc2[C@H]2CC2(C)C)cc1. The number of hydrogen-bond donors (Lipinski definition) is 1. The van der Waals surface area contributed by atoms with E-state index >= 15 is 0 Å². The smallest absolute Gasteiger partial charge is 0.313 e. The lowest BCUT2D eigenvalue weighted by atomic mass is 10.1. The van der Waals surface area contributed by atoms with Crippen LogP contribution in [-0.2, 0) is 4.79 Å². The van der Waals surface area contributed by atoms with Crippen LogP contribution in [0, 0.1) is 5.41 Å². The van der Waals surface area contributed by atoms with Gasteiger partial charge in [0.25, 0.3) is 0 Å². The zero-order valence-electron chi connectivity index (χ0n) is 13.8. The molecule has 0 spiro atoms. The van der Waals surface area contributed by atoms with Crippen LogP contribution in [0.1, 0.15) is 49.3 Å². The minimum atomic E-state index is -0.894. The molecule has 0 saturated heterocycles. The maximum absolute atomic E-state index is 11.5. The lowest BCUT2D eigenvalue weighted by molar-refractivity contribution is -0.133. The average molecular weight is 345 g/mol. The fourth-order valence-corrected chi connectivity index (χ4v) is 3.40. The number of carboxylic acid groups (broad SMARTS) is 1. The second kappa shape index (κ2) is 6.05. The van der Waals surface area contributed by atoms with Gasteiger partial charge in [0.2, 0.25) is 0 Å². The van der Waals surface area contributed by atoms with E-state index in [0.29, 0.717) is 16.6 Å². The Morgan fingerprint density at radius 3 is 2.42 bits per heavy atom.